The maximum absolute atomic E-state index is 12.6. The van der Waals surface area contributed by atoms with Gasteiger partial charge in [0.1, 0.15) is 6.61 Å². The lowest BCUT2D eigenvalue weighted by atomic mass is 10.2. The van der Waals surface area contributed by atoms with Gasteiger partial charge in [-0.3, -0.25) is 0 Å². The highest BCUT2D eigenvalue weighted by Crippen LogP contribution is 2.24. The lowest BCUT2D eigenvalue weighted by Crippen LogP contribution is -2.30. The van der Waals surface area contributed by atoms with E-state index in [4.69, 9.17) is 27.9 Å². The zero-order valence-corrected chi connectivity index (χ0v) is 16.7. The van der Waals surface area contributed by atoms with E-state index in [0.29, 0.717) is 18.1 Å². The third-order valence-electron chi connectivity index (χ3n) is 3.78. The average molecular weight is 416 g/mol. The first-order valence-electron chi connectivity index (χ1n) is 8.00. The van der Waals surface area contributed by atoms with Crippen LogP contribution >= 0.6 is 23.2 Å². The highest BCUT2D eigenvalue weighted by Gasteiger charge is 2.24. The number of carbonyl (C=O) groups excluding carboxylic acids is 1. The molecule has 0 aliphatic rings. The number of benzene rings is 2. The van der Waals surface area contributed by atoms with Crippen molar-refractivity contribution in [1.29, 1.82) is 0 Å². The number of hydrogen-bond donors (Lipinski definition) is 0. The molecule has 0 bridgehead atoms. The number of hydrogen-bond acceptors (Lipinski definition) is 4. The van der Waals surface area contributed by atoms with Gasteiger partial charge < -0.3 is 4.74 Å². The van der Waals surface area contributed by atoms with Crippen molar-refractivity contribution in [3.8, 4) is 0 Å². The summed E-state index contributed by atoms with van der Waals surface area (Å²) in [5.74, 6) is -0.693. The van der Waals surface area contributed by atoms with Crippen LogP contribution in [-0.4, -0.2) is 31.8 Å². The quantitative estimate of drug-likeness (QED) is 0.629. The molecule has 0 spiro atoms. The predicted octanol–water partition coefficient (Wildman–Crippen LogP) is 4.38. The van der Waals surface area contributed by atoms with Gasteiger partial charge in [-0.05, 0) is 35.9 Å². The Morgan fingerprint density at radius 2 is 1.65 bits per heavy atom. The first-order chi connectivity index (χ1) is 12.3. The molecular formula is C18H19Cl2NO4S. The molecule has 0 unspecified atom stereocenters. The highest BCUT2D eigenvalue weighted by atomic mass is 35.5. The molecule has 2 aromatic rings. The Labute approximate surface area is 163 Å². The van der Waals surface area contributed by atoms with E-state index in [0.717, 1.165) is 5.56 Å². The van der Waals surface area contributed by atoms with E-state index in [-0.39, 0.29) is 22.1 Å². The number of halogens is 2. The van der Waals surface area contributed by atoms with Crippen molar-refractivity contribution in [2.45, 2.75) is 25.3 Å². The van der Waals surface area contributed by atoms with Crippen LogP contribution in [0.5, 0.6) is 0 Å². The van der Waals surface area contributed by atoms with Gasteiger partial charge in [0.2, 0.25) is 10.0 Å². The summed E-state index contributed by atoms with van der Waals surface area (Å²) in [7, 11) is -3.69. The van der Waals surface area contributed by atoms with Gasteiger partial charge in [-0.25, -0.2) is 13.2 Å². The second-order valence-electron chi connectivity index (χ2n) is 5.43. The minimum Gasteiger partial charge on any atom is -0.457 e. The summed E-state index contributed by atoms with van der Waals surface area (Å²) < 4.78 is 31.8. The third kappa shape index (κ3) is 4.76. The van der Waals surface area contributed by atoms with Gasteiger partial charge in [-0.1, -0.05) is 49.2 Å². The Hall–Kier alpha value is -1.60. The molecule has 0 aliphatic carbocycles. The highest BCUT2D eigenvalue weighted by molar-refractivity contribution is 7.89. The fourth-order valence-corrected chi connectivity index (χ4v) is 4.15. The van der Waals surface area contributed by atoms with Crippen LogP contribution in [0.1, 0.15) is 29.8 Å². The Morgan fingerprint density at radius 3 is 2.23 bits per heavy atom. The van der Waals surface area contributed by atoms with Gasteiger partial charge in [0, 0.05) is 18.1 Å². The van der Waals surface area contributed by atoms with Crippen molar-refractivity contribution >= 4 is 39.2 Å². The normalized spacial score (nSPS) is 11.6. The number of esters is 1. The van der Waals surface area contributed by atoms with Crippen molar-refractivity contribution < 1.29 is 17.9 Å². The first-order valence-corrected chi connectivity index (χ1v) is 10.2. The lowest BCUT2D eigenvalue weighted by molar-refractivity contribution is 0.0472. The second-order valence-corrected chi connectivity index (χ2v) is 8.22. The van der Waals surface area contributed by atoms with Gasteiger partial charge in [-0.2, -0.15) is 4.31 Å². The third-order valence-corrected chi connectivity index (χ3v) is 6.41. The molecule has 0 saturated carbocycles. The summed E-state index contributed by atoms with van der Waals surface area (Å²) in [6.07, 6.45) is 0. The number of nitrogens with zero attached hydrogens (tertiary/aromatic N) is 1. The molecular weight excluding hydrogens is 397 g/mol. The number of ether oxygens (including phenoxy) is 1. The minimum absolute atomic E-state index is 0.00374. The molecule has 0 N–H and O–H groups in total. The molecule has 0 amide bonds. The second kappa shape index (κ2) is 8.86. The van der Waals surface area contributed by atoms with Crippen LogP contribution in [0.25, 0.3) is 0 Å². The molecule has 140 valence electrons. The minimum atomic E-state index is -3.69. The number of sulfonamides is 1. The molecule has 0 heterocycles. The van der Waals surface area contributed by atoms with E-state index in [1.165, 1.54) is 22.5 Å². The summed E-state index contributed by atoms with van der Waals surface area (Å²) in [6, 6.07) is 10.9. The van der Waals surface area contributed by atoms with E-state index in [9.17, 15) is 13.2 Å². The molecule has 2 rings (SSSR count). The molecule has 0 atom stereocenters. The SMILES string of the molecule is CCN(CC)S(=O)(=O)c1ccc(Cl)c(C(=O)OCc2ccc(Cl)cc2)c1. The standard InChI is InChI=1S/C18H19Cl2NO4S/c1-3-21(4-2)26(23,24)15-9-10-17(20)16(11-15)18(22)25-12-13-5-7-14(19)8-6-13/h5-11H,3-4,12H2,1-2H3. The van der Waals surface area contributed by atoms with Gasteiger partial charge in [0.25, 0.3) is 0 Å². The van der Waals surface area contributed by atoms with Crippen LogP contribution in [0.3, 0.4) is 0 Å². The predicted molar refractivity (Wildman–Crippen MR) is 102 cm³/mol. The Morgan fingerprint density at radius 1 is 1.04 bits per heavy atom. The lowest BCUT2D eigenvalue weighted by Gasteiger charge is -2.19. The molecule has 0 aromatic heterocycles. The largest absolute Gasteiger partial charge is 0.457 e. The van der Waals surface area contributed by atoms with Crippen LogP contribution in [0.15, 0.2) is 47.4 Å². The fourth-order valence-electron chi connectivity index (χ4n) is 2.34. The summed E-state index contributed by atoms with van der Waals surface area (Å²) in [6.45, 7) is 4.19. The summed E-state index contributed by atoms with van der Waals surface area (Å²) in [5.41, 5.74) is 0.764. The van der Waals surface area contributed by atoms with Gasteiger partial charge in [0.15, 0.2) is 0 Å². The van der Waals surface area contributed by atoms with Crippen molar-refractivity contribution in [1.82, 2.24) is 4.31 Å². The Bertz CT molecular complexity index is 879. The van der Waals surface area contributed by atoms with Crippen LogP contribution in [0.4, 0.5) is 0 Å². The summed E-state index contributed by atoms with van der Waals surface area (Å²) in [4.78, 5) is 12.4. The molecule has 8 heteroatoms. The summed E-state index contributed by atoms with van der Waals surface area (Å²) >= 11 is 11.9. The topological polar surface area (TPSA) is 63.7 Å². The van der Waals surface area contributed by atoms with Crippen molar-refractivity contribution in [3.63, 3.8) is 0 Å². The number of carbonyl (C=O) groups is 1. The van der Waals surface area contributed by atoms with Crippen molar-refractivity contribution in [2.24, 2.45) is 0 Å². The molecule has 0 saturated heterocycles. The molecule has 0 aliphatic heterocycles. The molecule has 0 fully saturated rings. The van der Waals surface area contributed by atoms with Crippen LogP contribution in [0.2, 0.25) is 10.0 Å². The van der Waals surface area contributed by atoms with E-state index in [2.05, 4.69) is 0 Å². The molecule has 0 radical (unpaired) electrons. The monoisotopic (exact) mass is 415 g/mol. The summed E-state index contributed by atoms with van der Waals surface area (Å²) in [5, 5.41) is 0.710. The maximum atomic E-state index is 12.6. The Kier molecular flexibility index (Phi) is 7.06. The van der Waals surface area contributed by atoms with Crippen molar-refractivity contribution in [2.75, 3.05) is 13.1 Å². The van der Waals surface area contributed by atoms with E-state index in [1.807, 2.05) is 0 Å². The zero-order valence-electron chi connectivity index (χ0n) is 14.4. The van der Waals surface area contributed by atoms with E-state index in [1.54, 1.807) is 38.1 Å². The van der Waals surface area contributed by atoms with Crippen LogP contribution in [0, 0.1) is 0 Å². The number of rotatable bonds is 7. The van der Waals surface area contributed by atoms with Crippen LogP contribution < -0.4 is 0 Å². The smallest absolute Gasteiger partial charge is 0.340 e. The van der Waals surface area contributed by atoms with Gasteiger partial charge in [-0.15, -0.1) is 0 Å². The molecule has 5 nitrogen and oxygen atoms in total. The fraction of sp³-hybridized carbons (Fsp3) is 0.278. The Balaban J connectivity index is 2.23. The van der Waals surface area contributed by atoms with Gasteiger partial charge >= 0.3 is 5.97 Å². The molecule has 2 aromatic carbocycles. The van der Waals surface area contributed by atoms with Crippen LogP contribution in [-0.2, 0) is 21.4 Å². The average Bonchev–Trinajstić information content (AvgIpc) is 2.62. The zero-order chi connectivity index (χ0) is 19.3. The van der Waals surface area contributed by atoms with Gasteiger partial charge in [0.05, 0.1) is 15.5 Å². The van der Waals surface area contributed by atoms with Crippen molar-refractivity contribution in [3.05, 3.63) is 63.6 Å². The van der Waals surface area contributed by atoms with E-state index < -0.39 is 16.0 Å². The maximum Gasteiger partial charge on any atom is 0.340 e. The van der Waals surface area contributed by atoms with E-state index >= 15 is 0 Å². The molecule has 26 heavy (non-hydrogen) atoms. The first kappa shape index (κ1) is 20.7.